The molecule has 57 heavy (non-hydrogen) atoms. The van der Waals surface area contributed by atoms with Crippen LogP contribution in [0.5, 0.6) is 0 Å². The number of hydrogen-bond acceptors (Lipinski definition) is 5. The largest absolute Gasteiger partial charge is 0.456 e. The molecule has 6 nitrogen and oxygen atoms in total. The molecule has 0 spiro atoms. The highest BCUT2D eigenvalue weighted by Gasteiger charge is 2.24. The van der Waals surface area contributed by atoms with E-state index < -0.39 is 0 Å². The second kappa shape index (κ2) is 12.4. The molecule has 1 unspecified atom stereocenters. The molecule has 0 saturated heterocycles. The highest BCUT2D eigenvalue weighted by Crippen LogP contribution is 2.45. The number of rotatable bonds is 5. The van der Waals surface area contributed by atoms with Crippen molar-refractivity contribution in [3.05, 3.63) is 199 Å². The maximum Gasteiger partial charge on any atom is 0.159 e. The van der Waals surface area contributed by atoms with Crippen molar-refractivity contribution in [3.63, 3.8) is 0 Å². The lowest BCUT2D eigenvalue weighted by Crippen LogP contribution is -2.33. The van der Waals surface area contributed by atoms with Gasteiger partial charge >= 0.3 is 0 Å². The Bertz CT molecular complexity index is 3390. The number of aromatic nitrogens is 1. The van der Waals surface area contributed by atoms with Crippen molar-refractivity contribution in [2.45, 2.75) is 6.17 Å². The SMILES string of the molecule is c1ccc(C2=NC(c3ccc4oc5cccc(-c6cccc7oc8cccc(-n9c%10ccccc%10c%10ccccc%109)c8c67)c5c4c3)=NC(c3ccccc3)N2)cc1. The maximum atomic E-state index is 6.68. The lowest BCUT2D eigenvalue weighted by molar-refractivity contribution is 0.668. The number of para-hydroxylation sites is 2. The second-order valence-electron chi connectivity index (χ2n) is 14.5. The van der Waals surface area contributed by atoms with Crippen molar-refractivity contribution < 1.29 is 8.83 Å². The summed E-state index contributed by atoms with van der Waals surface area (Å²) in [6.07, 6.45) is -0.294. The number of amidine groups is 2. The Balaban J connectivity index is 1.09. The van der Waals surface area contributed by atoms with Crippen LogP contribution in [0.4, 0.5) is 0 Å². The molecule has 1 aliphatic heterocycles. The van der Waals surface area contributed by atoms with E-state index in [9.17, 15) is 0 Å². The summed E-state index contributed by atoms with van der Waals surface area (Å²) in [6.45, 7) is 0. The number of aliphatic imine (C=N–C) groups is 2. The fourth-order valence-corrected chi connectivity index (χ4v) is 8.76. The Labute approximate surface area is 326 Å². The van der Waals surface area contributed by atoms with Crippen molar-refractivity contribution in [3.8, 4) is 16.8 Å². The molecule has 12 rings (SSSR count). The fourth-order valence-electron chi connectivity index (χ4n) is 8.76. The van der Waals surface area contributed by atoms with Gasteiger partial charge in [-0.3, -0.25) is 0 Å². The van der Waals surface area contributed by atoms with Crippen molar-refractivity contribution in [1.29, 1.82) is 0 Å². The van der Waals surface area contributed by atoms with Gasteiger partial charge in [0.2, 0.25) is 0 Å². The molecule has 0 amide bonds. The van der Waals surface area contributed by atoms with Gasteiger partial charge in [-0.2, -0.15) is 0 Å². The molecular formula is C51H32N4O2. The summed E-state index contributed by atoms with van der Waals surface area (Å²) < 4.78 is 15.6. The van der Waals surface area contributed by atoms with Crippen LogP contribution in [0.3, 0.4) is 0 Å². The molecule has 0 aliphatic carbocycles. The van der Waals surface area contributed by atoms with Crippen LogP contribution < -0.4 is 5.32 Å². The van der Waals surface area contributed by atoms with E-state index >= 15 is 0 Å². The third kappa shape index (κ3) is 4.90. The third-order valence-electron chi connectivity index (χ3n) is 11.3. The molecule has 11 aromatic rings. The van der Waals surface area contributed by atoms with Crippen LogP contribution in [0.1, 0.15) is 22.9 Å². The molecule has 1 N–H and O–H groups in total. The Kier molecular flexibility index (Phi) is 6.89. The highest BCUT2D eigenvalue weighted by molar-refractivity contribution is 6.23. The highest BCUT2D eigenvalue weighted by atomic mass is 16.3. The van der Waals surface area contributed by atoms with Crippen molar-refractivity contribution in [2.75, 3.05) is 0 Å². The summed E-state index contributed by atoms with van der Waals surface area (Å²) in [4.78, 5) is 10.3. The summed E-state index contributed by atoms with van der Waals surface area (Å²) in [6, 6.07) is 63.1. The van der Waals surface area contributed by atoms with Gasteiger partial charge in [0.05, 0.1) is 22.1 Å². The lowest BCUT2D eigenvalue weighted by Gasteiger charge is -2.23. The average Bonchev–Trinajstić information content (AvgIpc) is 3.96. The van der Waals surface area contributed by atoms with E-state index in [1.165, 1.54) is 10.8 Å². The van der Waals surface area contributed by atoms with E-state index in [2.05, 4.69) is 149 Å². The molecule has 1 aliphatic rings. The zero-order valence-electron chi connectivity index (χ0n) is 30.6. The van der Waals surface area contributed by atoms with Gasteiger partial charge < -0.3 is 18.7 Å². The number of furan rings is 2. The zero-order chi connectivity index (χ0) is 37.5. The topological polar surface area (TPSA) is 68.0 Å². The van der Waals surface area contributed by atoms with E-state index in [1.807, 2.05) is 42.5 Å². The molecule has 6 heteroatoms. The fraction of sp³-hybridized carbons (Fsp3) is 0.0196. The Morgan fingerprint density at radius 3 is 1.79 bits per heavy atom. The van der Waals surface area contributed by atoms with E-state index in [1.54, 1.807) is 0 Å². The predicted octanol–water partition coefficient (Wildman–Crippen LogP) is 12.7. The van der Waals surface area contributed by atoms with Gasteiger partial charge in [-0.05, 0) is 71.3 Å². The summed E-state index contributed by atoms with van der Waals surface area (Å²) in [7, 11) is 0. The molecular weight excluding hydrogens is 701 g/mol. The molecule has 0 fully saturated rings. The van der Waals surface area contributed by atoms with Crippen molar-refractivity contribution in [1.82, 2.24) is 9.88 Å². The third-order valence-corrected chi connectivity index (χ3v) is 11.3. The van der Waals surface area contributed by atoms with Gasteiger partial charge in [0.15, 0.2) is 5.84 Å². The molecule has 0 bridgehead atoms. The summed E-state index contributed by atoms with van der Waals surface area (Å²) in [5.41, 5.74) is 11.8. The van der Waals surface area contributed by atoms with Crippen LogP contribution in [0, 0.1) is 0 Å². The maximum absolute atomic E-state index is 6.68. The van der Waals surface area contributed by atoms with Crippen LogP contribution in [0.2, 0.25) is 0 Å². The van der Waals surface area contributed by atoms with Crippen LogP contribution in [-0.2, 0) is 0 Å². The number of nitrogens with zero attached hydrogens (tertiary/aromatic N) is 3. The molecule has 8 aromatic carbocycles. The van der Waals surface area contributed by atoms with E-state index in [4.69, 9.17) is 18.8 Å². The lowest BCUT2D eigenvalue weighted by atomic mass is 9.94. The van der Waals surface area contributed by atoms with Crippen molar-refractivity contribution in [2.24, 2.45) is 9.98 Å². The van der Waals surface area contributed by atoms with Crippen LogP contribution in [-0.4, -0.2) is 16.2 Å². The molecule has 0 saturated carbocycles. The van der Waals surface area contributed by atoms with Crippen molar-refractivity contribution >= 4 is 77.4 Å². The quantitative estimate of drug-likeness (QED) is 0.192. The first kappa shape index (κ1) is 31.6. The monoisotopic (exact) mass is 732 g/mol. The first-order chi connectivity index (χ1) is 28.3. The zero-order valence-corrected chi connectivity index (χ0v) is 30.6. The van der Waals surface area contributed by atoms with Gasteiger partial charge in [-0.1, -0.05) is 127 Å². The Morgan fingerprint density at radius 2 is 1.05 bits per heavy atom. The summed E-state index contributed by atoms with van der Waals surface area (Å²) in [5, 5.41) is 10.2. The van der Waals surface area contributed by atoms with Crippen LogP contribution in [0.25, 0.3) is 82.5 Å². The molecule has 4 heterocycles. The molecule has 1 atom stereocenters. The van der Waals surface area contributed by atoms with Gasteiger partial charge in [-0.15, -0.1) is 0 Å². The summed E-state index contributed by atoms with van der Waals surface area (Å²) in [5.74, 6) is 1.44. The summed E-state index contributed by atoms with van der Waals surface area (Å²) >= 11 is 0. The number of hydrogen-bond donors (Lipinski definition) is 1. The minimum absolute atomic E-state index is 0.294. The molecule has 0 radical (unpaired) electrons. The molecule has 268 valence electrons. The number of fused-ring (bicyclic) bond motifs is 9. The van der Waals surface area contributed by atoms with E-state index in [-0.39, 0.29) is 6.17 Å². The second-order valence-corrected chi connectivity index (χ2v) is 14.5. The molecule has 3 aromatic heterocycles. The first-order valence-corrected chi connectivity index (χ1v) is 19.2. The van der Waals surface area contributed by atoms with Gasteiger partial charge in [0.1, 0.15) is 34.3 Å². The van der Waals surface area contributed by atoms with Crippen LogP contribution in [0.15, 0.2) is 201 Å². The Morgan fingerprint density at radius 1 is 0.456 bits per heavy atom. The van der Waals surface area contributed by atoms with Crippen LogP contribution >= 0.6 is 0 Å². The standard InChI is InChI=1S/C51H32N4O2/c1-3-14-31(15-4-1)49-52-50(32-16-5-2-6-17-32)54-51(53-49)33-28-29-42-38(30-33)46-36(20-11-25-43(46)56-42)37-21-12-26-44-47(37)48-41(24-13-27-45(48)57-44)55-39-22-9-7-18-34(39)35-19-8-10-23-40(35)55/h1-30,49H,(H,52,53,54). The smallest absolute Gasteiger partial charge is 0.159 e. The van der Waals surface area contributed by atoms with E-state index in [0.717, 1.165) is 94.3 Å². The number of benzene rings is 8. The normalized spacial score (nSPS) is 14.5. The average molecular weight is 733 g/mol. The first-order valence-electron chi connectivity index (χ1n) is 19.2. The Hall–Kier alpha value is -7.70. The van der Waals surface area contributed by atoms with Gasteiger partial charge in [-0.25, -0.2) is 9.98 Å². The minimum Gasteiger partial charge on any atom is -0.456 e. The van der Waals surface area contributed by atoms with Gasteiger partial charge in [0, 0.05) is 38.1 Å². The number of nitrogens with one attached hydrogen (secondary N) is 1. The minimum atomic E-state index is -0.294. The van der Waals surface area contributed by atoms with E-state index in [0.29, 0.717) is 5.84 Å². The predicted molar refractivity (Wildman–Crippen MR) is 233 cm³/mol. The van der Waals surface area contributed by atoms with Gasteiger partial charge in [0.25, 0.3) is 0 Å².